The first-order chi connectivity index (χ1) is 6.24. The van der Waals surface area contributed by atoms with E-state index in [-0.39, 0.29) is 6.10 Å². The third-order valence-electron chi connectivity index (χ3n) is 1.90. The highest BCUT2D eigenvalue weighted by Gasteiger charge is 2.22. The molecule has 1 aromatic carbocycles. The van der Waals surface area contributed by atoms with Gasteiger partial charge < -0.3 is 4.74 Å². The van der Waals surface area contributed by atoms with Crippen LogP contribution in [0.15, 0.2) is 18.2 Å². The largest absolute Gasteiger partial charge is 0.373 e. The van der Waals surface area contributed by atoms with E-state index in [1.165, 1.54) is 12.1 Å². The number of ether oxygens (including phenoxy) is 1. The highest BCUT2D eigenvalue weighted by atomic mass is 19.1. The minimum atomic E-state index is -0.528. The Hall–Kier alpha value is -0.960. The van der Waals surface area contributed by atoms with E-state index >= 15 is 0 Å². The molecule has 1 aliphatic heterocycles. The van der Waals surface area contributed by atoms with E-state index in [0.29, 0.717) is 12.0 Å². The predicted molar refractivity (Wildman–Crippen MR) is 44.1 cm³/mol. The molecule has 69 valence electrons. The lowest BCUT2D eigenvalue weighted by molar-refractivity contribution is 0.427. The van der Waals surface area contributed by atoms with Gasteiger partial charge in [0.1, 0.15) is 11.6 Å². The molecule has 0 amide bonds. The molecule has 1 nitrogen and oxygen atoms in total. The number of hydrogen-bond donors (Lipinski definition) is 0. The molecule has 1 atom stereocenters. The van der Waals surface area contributed by atoms with Crippen LogP contribution in [0.2, 0.25) is 0 Å². The van der Waals surface area contributed by atoms with E-state index in [0.717, 1.165) is 12.7 Å². The van der Waals surface area contributed by atoms with Crippen LogP contribution in [-0.4, -0.2) is 12.7 Å². The van der Waals surface area contributed by atoms with E-state index in [2.05, 4.69) is 0 Å². The van der Waals surface area contributed by atoms with Gasteiger partial charge in [-0.1, -0.05) is 0 Å². The number of halogens is 2. The van der Waals surface area contributed by atoms with Crippen LogP contribution in [0.25, 0.3) is 0 Å². The molecular formula is C10H9F2O. The zero-order valence-corrected chi connectivity index (χ0v) is 6.97. The first kappa shape index (κ1) is 8.63. The second-order valence-corrected chi connectivity index (χ2v) is 3.09. The van der Waals surface area contributed by atoms with E-state index in [4.69, 9.17) is 4.74 Å². The van der Waals surface area contributed by atoms with Gasteiger partial charge in [-0.3, -0.25) is 0 Å². The van der Waals surface area contributed by atoms with Gasteiger partial charge in [0.25, 0.3) is 0 Å². The van der Waals surface area contributed by atoms with Crippen LogP contribution in [0.3, 0.4) is 0 Å². The molecule has 13 heavy (non-hydrogen) atoms. The third-order valence-corrected chi connectivity index (χ3v) is 1.90. The molecular weight excluding hydrogens is 174 g/mol. The van der Waals surface area contributed by atoms with Crippen molar-refractivity contribution in [3.63, 3.8) is 0 Å². The van der Waals surface area contributed by atoms with Crippen molar-refractivity contribution in [1.29, 1.82) is 0 Å². The number of epoxide rings is 1. The van der Waals surface area contributed by atoms with Crippen molar-refractivity contribution < 1.29 is 13.5 Å². The van der Waals surface area contributed by atoms with E-state index in [9.17, 15) is 8.78 Å². The fourth-order valence-electron chi connectivity index (χ4n) is 1.19. The van der Waals surface area contributed by atoms with Crippen LogP contribution in [0.4, 0.5) is 8.78 Å². The average Bonchev–Trinajstić information content (AvgIpc) is 2.81. The zero-order chi connectivity index (χ0) is 9.26. The average molecular weight is 183 g/mol. The van der Waals surface area contributed by atoms with Crippen molar-refractivity contribution in [2.24, 2.45) is 0 Å². The van der Waals surface area contributed by atoms with Gasteiger partial charge in [-0.15, -0.1) is 0 Å². The molecule has 1 fully saturated rings. The molecule has 2 rings (SSSR count). The van der Waals surface area contributed by atoms with E-state index in [1.54, 1.807) is 0 Å². The molecule has 3 heteroatoms. The maximum Gasteiger partial charge on any atom is 0.126 e. The van der Waals surface area contributed by atoms with Gasteiger partial charge in [-0.05, 0) is 30.5 Å². The molecule has 1 aromatic rings. The molecule has 1 saturated heterocycles. The van der Waals surface area contributed by atoms with Crippen molar-refractivity contribution in [2.75, 3.05) is 6.61 Å². The van der Waals surface area contributed by atoms with Crippen LogP contribution in [-0.2, 0) is 11.2 Å². The third kappa shape index (κ3) is 2.49. The molecule has 0 aromatic heterocycles. The normalized spacial score (nSPS) is 20.3. The Morgan fingerprint density at radius 3 is 2.46 bits per heavy atom. The van der Waals surface area contributed by atoms with Crippen LogP contribution in [0.1, 0.15) is 5.56 Å². The number of rotatable bonds is 3. The molecule has 0 N–H and O–H groups in total. The van der Waals surface area contributed by atoms with Crippen LogP contribution in [0, 0.1) is 18.1 Å². The minimum absolute atomic E-state index is 0.186. The first-order valence-corrected chi connectivity index (χ1v) is 4.14. The topological polar surface area (TPSA) is 12.5 Å². The summed E-state index contributed by atoms with van der Waals surface area (Å²) in [6.45, 7) is 0.734. The highest BCUT2D eigenvalue weighted by Crippen LogP contribution is 2.17. The molecule has 0 saturated carbocycles. The summed E-state index contributed by atoms with van der Waals surface area (Å²) >= 11 is 0. The predicted octanol–water partition coefficient (Wildman–Crippen LogP) is 2.11. The van der Waals surface area contributed by atoms with Gasteiger partial charge in [0, 0.05) is 6.07 Å². The second kappa shape index (κ2) is 3.42. The lowest BCUT2D eigenvalue weighted by Gasteiger charge is -1.99. The minimum Gasteiger partial charge on any atom is -0.373 e. The highest BCUT2D eigenvalue weighted by molar-refractivity contribution is 5.20. The summed E-state index contributed by atoms with van der Waals surface area (Å²) < 4.78 is 30.3. The summed E-state index contributed by atoms with van der Waals surface area (Å²) in [5.74, 6) is -1.06. The summed E-state index contributed by atoms with van der Waals surface area (Å²) in [5, 5.41) is 0. The Morgan fingerprint density at radius 2 is 1.92 bits per heavy atom. The Labute approximate surface area is 75.3 Å². The SMILES string of the molecule is Fc1cc(F)cc(C[CH]C2CO2)c1. The van der Waals surface area contributed by atoms with Crippen LogP contribution in [0.5, 0.6) is 0 Å². The van der Waals surface area contributed by atoms with Gasteiger partial charge in [-0.25, -0.2) is 8.78 Å². The second-order valence-electron chi connectivity index (χ2n) is 3.09. The Kier molecular flexibility index (Phi) is 2.27. The van der Waals surface area contributed by atoms with Crippen molar-refractivity contribution >= 4 is 0 Å². The zero-order valence-electron chi connectivity index (χ0n) is 6.97. The van der Waals surface area contributed by atoms with Crippen LogP contribution >= 0.6 is 0 Å². The fraction of sp³-hybridized carbons (Fsp3) is 0.300. The van der Waals surface area contributed by atoms with Gasteiger partial charge in [0.2, 0.25) is 0 Å². The summed E-state index contributed by atoms with van der Waals surface area (Å²) in [4.78, 5) is 0. The summed E-state index contributed by atoms with van der Waals surface area (Å²) in [7, 11) is 0. The molecule has 1 unspecified atom stereocenters. The number of hydrogen-bond acceptors (Lipinski definition) is 1. The monoisotopic (exact) mass is 183 g/mol. The Balaban J connectivity index is 2.01. The van der Waals surface area contributed by atoms with Gasteiger partial charge in [0.05, 0.1) is 12.7 Å². The summed E-state index contributed by atoms with van der Waals surface area (Å²) in [6, 6.07) is 3.54. The van der Waals surface area contributed by atoms with Crippen molar-refractivity contribution in [3.05, 3.63) is 41.8 Å². The van der Waals surface area contributed by atoms with Crippen molar-refractivity contribution in [2.45, 2.75) is 12.5 Å². The number of benzene rings is 1. The van der Waals surface area contributed by atoms with Crippen LogP contribution < -0.4 is 0 Å². The van der Waals surface area contributed by atoms with Gasteiger partial charge in [-0.2, -0.15) is 0 Å². The smallest absolute Gasteiger partial charge is 0.126 e. The van der Waals surface area contributed by atoms with Gasteiger partial charge >= 0.3 is 0 Å². The molecule has 0 aliphatic carbocycles. The van der Waals surface area contributed by atoms with Gasteiger partial charge in [0.15, 0.2) is 0 Å². The lowest BCUT2D eigenvalue weighted by atomic mass is 10.1. The standard InChI is InChI=1S/C10H9F2O/c11-8-3-7(4-9(12)5-8)1-2-10-6-13-10/h2-5,10H,1,6H2. The Morgan fingerprint density at radius 1 is 1.31 bits per heavy atom. The van der Waals surface area contributed by atoms with E-state index in [1.807, 2.05) is 6.42 Å². The lowest BCUT2D eigenvalue weighted by Crippen LogP contribution is -1.94. The van der Waals surface area contributed by atoms with E-state index < -0.39 is 11.6 Å². The Bertz CT molecular complexity index is 288. The summed E-state index contributed by atoms with van der Waals surface area (Å²) in [5.41, 5.74) is 0.646. The molecule has 1 radical (unpaired) electrons. The van der Waals surface area contributed by atoms with Crippen molar-refractivity contribution in [3.8, 4) is 0 Å². The fourth-order valence-corrected chi connectivity index (χ4v) is 1.19. The quantitative estimate of drug-likeness (QED) is 0.654. The molecule has 1 aliphatic rings. The maximum atomic E-state index is 12.7. The summed E-state index contributed by atoms with van der Waals surface area (Å²) in [6.07, 6.45) is 2.65. The first-order valence-electron chi connectivity index (χ1n) is 4.14. The molecule has 0 bridgehead atoms. The van der Waals surface area contributed by atoms with Crippen molar-refractivity contribution in [1.82, 2.24) is 0 Å². The molecule has 0 spiro atoms. The maximum absolute atomic E-state index is 12.7. The molecule has 1 heterocycles.